The first-order valence-electron chi connectivity index (χ1n) is 11.3. The third kappa shape index (κ3) is 6.52. The molecule has 3 amide bonds. The molecule has 10 heteroatoms. The van der Waals surface area contributed by atoms with E-state index in [1.807, 2.05) is 25.2 Å². The number of hydrogen-bond donors (Lipinski definition) is 2. The molecule has 2 heterocycles. The van der Waals surface area contributed by atoms with Gasteiger partial charge in [0.2, 0.25) is 0 Å². The summed E-state index contributed by atoms with van der Waals surface area (Å²) in [7, 11) is 3.53. The number of nitrogens with zero attached hydrogens (tertiary/aromatic N) is 4. The second kappa shape index (κ2) is 11.7. The van der Waals surface area contributed by atoms with Crippen LogP contribution in [0.1, 0.15) is 18.4 Å². The van der Waals surface area contributed by atoms with E-state index in [-0.39, 0.29) is 24.5 Å². The number of halogens is 1. The highest BCUT2D eigenvalue weighted by molar-refractivity contribution is 5.88. The largest absolute Gasteiger partial charge is 0.497 e. The SMILES string of the molecule is COc1cccc(CN2CCC(N(C)C(=O)n3cnc(-c4cccc(NC(N)=O)c4)c3)CC2)c1.Cl. The molecule has 0 spiro atoms. The van der Waals surface area contributed by atoms with Crippen LogP contribution in [0.3, 0.4) is 0 Å². The molecule has 186 valence electrons. The molecular formula is C25H31ClN6O3. The first kappa shape index (κ1) is 26.1. The van der Waals surface area contributed by atoms with Gasteiger partial charge in [-0.15, -0.1) is 12.4 Å². The van der Waals surface area contributed by atoms with Crippen molar-refractivity contribution in [2.45, 2.75) is 25.4 Å². The van der Waals surface area contributed by atoms with Crippen molar-refractivity contribution in [1.82, 2.24) is 19.4 Å². The Morgan fingerprint density at radius 3 is 2.63 bits per heavy atom. The average Bonchev–Trinajstić information content (AvgIpc) is 3.34. The molecule has 2 aromatic carbocycles. The van der Waals surface area contributed by atoms with Crippen molar-refractivity contribution in [3.63, 3.8) is 0 Å². The Labute approximate surface area is 211 Å². The number of anilines is 1. The third-order valence-corrected chi connectivity index (χ3v) is 6.18. The molecule has 4 rings (SSSR count). The lowest BCUT2D eigenvalue weighted by molar-refractivity contribution is 0.132. The molecule has 0 atom stereocenters. The zero-order valence-corrected chi connectivity index (χ0v) is 20.7. The second-order valence-corrected chi connectivity index (χ2v) is 8.49. The summed E-state index contributed by atoms with van der Waals surface area (Å²) >= 11 is 0. The van der Waals surface area contributed by atoms with Gasteiger partial charge in [0.15, 0.2) is 0 Å². The van der Waals surface area contributed by atoms with Crippen molar-refractivity contribution >= 4 is 30.2 Å². The summed E-state index contributed by atoms with van der Waals surface area (Å²) in [5.74, 6) is 0.869. The Morgan fingerprint density at radius 2 is 1.91 bits per heavy atom. The van der Waals surface area contributed by atoms with Gasteiger partial charge in [-0.2, -0.15) is 0 Å². The number of carbonyl (C=O) groups excluding carboxylic acids is 2. The van der Waals surface area contributed by atoms with Gasteiger partial charge < -0.3 is 20.7 Å². The predicted molar refractivity (Wildman–Crippen MR) is 138 cm³/mol. The number of nitrogens with two attached hydrogens (primary N) is 1. The summed E-state index contributed by atoms with van der Waals surface area (Å²) in [5, 5.41) is 2.55. The third-order valence-electron chi connectivity index (χ3n) is 6.18. The molecule has 0 saturated carbocycles. The minimum absolute atomic E-state index is 0. The van der Waals surface area contributed by atoms with Gasteiger partial charge in [-0.1, -0.05) is 24.3 Å². The Morgan fingerprint density at radius 1 is 1.17 bits per heavy atom. The van der Waals surface area contributed by atoms with Gasteiger partial charge >= 0.3 is 12.1 Å². The number of aromatic nitrogens is 2. The molecule has 1 aliphatic rings. The maximum atomic E-state index is 13.1. The molecule has 1 fully saturated rings. The number of carbonyl (C=O) groups is 2. The van der Waals surface area contributed by atoms with Crippen molar-refractivity contribution in [2.75, 3.05) is 32.6 Å². The van der Waals surface area contributed by atoms with E-state index in [2.05, 4.69) is 27.3 Å². The number of primary amides is 1. The van der Waals surface area contributed by atoms with Crippen LogP contribution < -0.4 is 15.8 Å². The normalized spacial score (nSPS) is 14.1. The van der Waals surface area contributed by atoms with Gasteiger partial charge in [-0.3, -0.25) is 9.47 Å². The van der Waals surface area contributed by atoms with Gasteiger partial charge in [0, 0.05) is 50.2 Å². The van der Waals surface area contributed by atoms with Crippen LogP contribution in [0.15, 0.2) is 61.1 Å². The van der Waals surface area contributed by atoms with E-state index >= 15 is 0 Å². The minimum Gasteiger partial charge on any atom is -0.497 e. The summed E-state index contributed by atoms with van der Waals surface area (Å²) in [6.45, 7) is 2.72. The molecule has 0 radical (unpaired) electrons. The Bertz CT molecular complexity index is 1160. The van der Waals surface area contributed by atoms with Crippen LogP contribution in [0.2, 0.25) is 0 Å². The first-order chi connectivity index (χ1) is 16.4. The molecule has 3 aromatic rings. The van der Waals surface area contributed by atoms with E-state index in [0.29, 0.717) is 11.4 Å². The number of urea groups is 1. The number of amides is 3. The zero-order chi connectivity index (χ0) is 24.1. The second-order valence-electron chi connectivity index (χ2n) is 8.49. The van der Waals surface area contributed by atoms with Crippen molar-refractivity contribution in [3.05, 3.63) is 66.6 Å². The number of hydrogen-bond acceptors (Lipinski definition) is 5. The monoisotopic (exact) mass is 498 g/mol. The van der Waals surface area contributed by atoms with Crippen LogP contribution in [0, 0.1) is 0 Å². The number of imidazole rings is 1. The molecule has 35 heavy (non-hydrogen) atoms. The Kier molecular flexibility index (Phi) is 8.73. The topological polar surface area (TPSA) is 106 Å². The Hall–Kier alpha value is -3.56. The highest BCUT2D eigenvalue weighted by Crippen LogP contribution is 2.23. The number of rotatable bonds is 6. The number of piperidine rings is 1. The molecule has 1 saturated heterocycles. The number of likely N-dealkylation sites (tertiary alicyclic amines) is 1. The van der Waals surface area contributed by atoms with E-state index in [4.69, 9.17) is 10.5 Å². The molecule has 9 nitrogen and oxygen atoms in total. The Balaban J connectivity index is 0.00000342. The molecular weight excluding hydrogens is 468 g/mol. The number of ether oxygens (including phenoxy) is 1. The van der Waals surface area contributed by atoms with Crippen LogP contribution in [-0.2, 0) is 6.54 Å². The van der Waals surface area contributed by atoms with Gasteiger partial charge in [-0.25, -0.2) is 14.6 Å². The van der Waals surface area contributed by atoms with Gasteiger partial charge in [-0.05, 0) is 42.7 Å². The summed E-state index contributed by atoms with van der Waals surface area (Å²) < 4.78 is 6.83. The molecule has 1 aromatic heterocycles. The highest BCUT2D eigenvalue weighted by Gasteiger charge is 2.26. The maximum absolute atomic E-state index is 13.1. The van der Waals surface area contributed by atoms with Crippen molar-refractivity contribution in [3.8, 4) is 17.0 Å². The fraction of sp³-hybridized carbons (Fsp3) is 0.320. The lowest BCUT2D eigenvalue weighted by atomic mass is 10.0. The van der Waals surface area contributed by atoms with E-state index in [1.165, 1.54) is 16.5 Å². The van der Waals surface area contributed by atoms with Crippen LogP contribution in [0.5, 0.6) is 5.75 Å². The number of nitrogens with one attached hydrogen (secondary N) is 1. The fourth-order valence-corrected chi connectivity index (χ4v) is 4.31. The van der Waals surface area contributed by atoms with Crippen LogP contribution in [0.4, 0.5) is 15.3 Å². The van der Waals surface area contributed by atoms with Crippen LogP contribution in [0.25, 0.3) is 11.3 Å². The van der Waals surface area contributed by atoms with Crippen LogP contribution in [-0.4, -0.2) is 64.7 Å². The first-order valence-corrected chi connectivity index (χ1v) is 11.3. The smallest absolute Gasteiger partial charge is 0.329 e. The molecule has 1 aliphatic heterocycles. The summed E-state index contributed by atoms with van der Waals surface area (Å²) in [4.78, 5) is 32.8. The van der Waals surface area contributed by atoms with E-state index in [9.17, 15) is 9.59 Å². The van der Waals surface area contributed by atoms with Gasteiger partial charge in [0.05, 0.1) is 12.8 Å². The quantitative estimate of drug-likeness (QED) is 0.533. The minimum atomic E-state index is -0.631. The van der Waals surface area contributed by atoms with Crippen molar-refractivity contribution < 1.29 is 14.3 Å². The van der Waals surface area contributed by atoms with E-state index < -0.39 is 6.03 Å². The fourth-order valence-electron chi connectivity index (χ4n) is 4.31. The number of methoxy groups -OCH3 is 1. The van der Waals surface area contributed by atoms with E-state index in [1.54, 1.807) is 36.4 Å². The molecule has 3 N–H and O–H groups in total. The number of benzene rings is 2. The molecule has 0 aliphatic carbocycles. The van der Waals surface area contributed by atoms with Gasteiger partial charge in [0.25, 0.3) is 0 Å². The van der Waals surface area contributed by atoms with Crippen LogP contribution >= 0.6 is 12.4 Å². The lowest BCUT2D eigenvalue weighted by Gasteiger charge is -2.36. The molecule has 0 bridgehead atoms. The maximum Gasteiger partial charge on any atom is 0.329 e. The summed E-state index contributed by atoms with van der Waals surface area (Å²) in [6.07, 6.45) is 5.06. The van der Waals surface area contributed by atoms with Crippen molar-refractivity contribution in [2.24, 2.45) is 5.73 Å². The summed E-state index contributed by atoms with van der Waals surface area (Å²) in [5.41, 5.74) is 8.42. The van der Waals surface area contributed by atoms with Gasteiger partial charge in [0.1, 0.15) is 12.1 Å². The van der Waals surface area contributed by atoms with E-state index in [0.717, 1.165) is 43.8 Å². The summed E-state index contributed by atoms with van der Waals surface area (Å²) in [6, 6.07) is 14.7. The highest BCUT2D eigenvalue weighted by atomic mass is 35.5. The lowest BCUT2D eigenvalue weighted by Crippen LogP contribution is -2.46. The van der Waals surface area contributed by atoms with Crippen molar-refractivity contribution in [1.29, 1.82) is 0 Å². The average molecular weight is 499 g/mol. The standard InChI is InChI=1S/C25H30N6O3.ClH/c1-29(21-9-11-30(12-10-21)15-18-5-3-8-22(13-18)34-2)25(33)31-16-23(27-17-31)19-6-4-7-20(14-19)28-24(26)32;/h3-8,13-14,16-17,21H,9-12,15H2,1-2H3,(H3,26,28,32);1H. The molecule has 0 unspecified atom stereocenters. The predicted octanol–water partition coefficient (Wildman–Crippen LogP) is 4.04. The zero-order valence-electron chi connectivity index (χ0n) is 19.9.